The summed E-state index contributed by atoms with van der Waals surface area (Å²) in [6.07, 6.45) is 6.61. The molecule has 1 nitrogen and oxygen atoms in total. The fourth-order valence-electron chi connectivity index (χ4n) is 2.00. The van der Waals surface area contributed by atoms with Crippen molar-refractivity contribution in [1.29, 1.82) is 0 Å². The predicted molar refractivity (Wildman–Crippen MR) is 58.8 cm³/mol. The fraction of sp³-hybridized carbons (Fsp3) is 0.385. The molecule has 1 aromatic carbocycles. The Kier molecular flexibility index (Phi) is 2.21. The van der Waals surface area contributed by atoms with Crippen LogP contribution in [0.2, 0.25) is 0 Å². The van der Waals surface area contributed by atoms with Gasteiger partial charge in [-0.2, -0.15) is 0 Å². The number of rotatable bonds is 1. The molecule has 1 unspecified atom stereocenters. The molecule has 0 radical (unpaired) electrons. The average Bonchev–Trinajstić information content (AvgIpc) is 2.12. The Morgan fingerprint density at radius 3 is 2.79 bits per heavy atom. The second-order valence-electron chi connectivity index (χ2n) is 3.92. The van der Waals surface area contributed by atoms with E-state index in [1.807, 2.05) is 0 Å². The van der Waals surface area contributed by atoms with Gasteiger partial charge in [0.1, 0.15) is 0 Å². The summed E-state index contributed by atoms with van der Waals surface area (Å²) in [5, 5.41) is 0. The van der Waals surface area contributed by atoms with E-state index < -0.39 is 0 Å². The van der Waals surface area contributed by atoms with Gasteiger partial charge in [-0.3, -0.25) is 0 Å². The van der Waals surface area contributed by atoms with Gasteiger partial charge in [0.05, 0.1) is 6.04 Å². The first-order valence-corrected chi connectivity index (χ1v) is 5.03. The number of hydrogen-bond donors (Lipinski definition) is 0. The molecule has 0 spiro atoms. The molecule has 0 aliphatic carbocycles. The van der Waals surface area contributed by atoms with Crippen LogP contribution in [-0.2, 0) is 0 Å². The maximum atomic E-state index is 5.43. The van der Waals surface area contributed by atoms with E-state index in [0.717, 1.165) is 6.54 Å². The molecule has 72 valence electrons. The van der Waals surface area contributed by atoms with Crippen LogP contribution in [0.3, 0.4) is 0 Å². The third kappa shape index (κ3) is 1.28. The van der Waals surface area contributed by atoms with Crippen LogP contribution in [0, 0.1) is 26.3 Å². The summed E-state index contributed by atoms with van der Waals surface area (Å²) < 4.78 is 0. The van der Waals surface area contributed by atoms with Crippen molar-refractivity contribution >= 4 is 0 Å². The van der Waals surface area contributed by atoms with Crippen molar-refractivity contribution in [3.8, 4) is 12.5 Å². The van der Waals surface area contributed by atoms with Gasteiger partial charge in [-0.1, -0.05) is 24.6 Å². The molecule has 14 heavy (non-hydrogen) atoms. The number of aryl methyl sites for hydroxylation is 1. The highest BCUT2D eigenvalue weighted by Crippen LogP contribution is 2.34. The maximum absolute atomic E-state index is 5.43. The molecule has 2 rings (SSSR count). The van der Waals surface area contributed by atoms with E-state index in [9.17, 15) is 0 Å². The van der Waals surface area contributed by atoms with Crippen molar-refractivity contribution in [1.82, 2.24) is 4.90 Å². The highest BCUT2D eigenvalue weighted by atomic mass is 15.2. The summed E-state index contributed by atoms with van der Waals surface area (Å²) in [6.45, 7) is 5.37. The van der Waals surface area contributed by atoms with Gasteiger partial charge >= 0.3 is 0 Å². The van der Waals surface area contributed by atoms with Crippen LogP contribution in [0.5, 0.6) is 0 Å². The molecule has 1 saturated heterocycles. The smallest absolute Gasteiger partial charge is 0.0640 e. The summed E-state index contributed by atoms with van der Waals surface area (Å²) in [4.78, 5) is 2.07. The molecule has 1 aromatic rings. The zero-order valence-corrected chi connectivity index (χ0v) is 8.75. The Morgan fingerprint density at radius 1 is 1.43 bits per heavy atom. The van der Waals surface area contributed by atoms with Gasteiger partial charge in [-0.05, 0) is 37.0 Å². The van der Waals surface area contributed by atoms with Crippen molar-refractivity contribution in [3.63, 3.8) is 0 Å². The zero-order valence-electron chi connectivity index (χ0n) is 8.75. The summed E-state index contributed by atoms with van der Waals surface area (Å²) in [6, 6.07) is 9.65. The molecule has 0 aromatic heterocycles. The van der Waals surface area contributed by atoms with Crippen LogP contribution in [0.4, 0.5) is 0 Å². The second kappa shape index (κ2) is 3.38. The summed E-state index contributed by atoms with van der Waals surface area (Å²) >= 11 is 0. The van der Waals surface area contributed by atoms with E-state index in [-0.39, 0.29) is 0 Å². The lowest BCUT2D eigenvalue weighted by molar-refractivity contribution is 0.172. The number of hydrogen-bond acceptors (Lipinski definition) is 1. The van der Waals surface area contributed by atoms with Gasteiger partial charge in [0.15, 0.2) is 0 Å². The van der Waals surface area contributed by atoms with Crippen molar-refractivity contribution in [3.05, 3.63) is 34.9 Å². The number of terminal acetylenes is 1. The lowest BCUT2D eigenvalue weighted by Gasteiger charge is -2.39. The Morgan fingerprint density at radius 2 is 2.21 bits per heavy atom. The van der Waals surface area contributed by atoms with E-state index in [2.05, 4.69) is 43.0 Å². The van der Waals surface area contributed by atoms with Crippen LogP contribution >= 0.6 is 0 Å². The molecule has 0 N–H and O–H groups in total. The lowest BCUT2D eigenvalue weighted by atomic mass is 9.90. The normalized spacial score (nSPS) is 20.1. The Bertz CT molecular complexity index is 387. The van der Waals surface area contributed by atoms with Gasteiger partial charge in [-0.15, -0.1) is 0 Å². The van der Waals surface area contributed by atoms with E-state index in [1.54, 1.807) is 0 Å². The van der Waals surface area contributed by atoms with Crippen molar-refractivity contribution in [2.45, 2.75) is 26.3 Å². The minimum absolute atomic E-state index is 0.458. The predicted octanol–water partition coefficient (Wildman–Crippen LogP) is 2.64. The molecule has 1 aliphatic heterocycles. The average molecular weight is 185 g/mol. The topological polar surface area (TPSA) is 3.24 Å². The van der Waals surface area contributed by atoms with Crippen LogP contribution in [0.1, 0.15) is 29.2 Å². The van der Waals surface area contributed by atoms with Gasteiger partial charge in [0, 0.05) is 12.6 Å². The molecule has 1 fully saturated rings. The van der Waals surface area contributed by atoms with Crippen LogP contribution < -0.4 is 0 Å². The van der Waals surface area contributed by atoms with Gasteiger partial charge in [-0.25, -0.2) is 0 Å². The van der Waals surface area contributed by atoms with Crippen molar-refractivity contribution in [2.75, 3.05) is 6.54 Å². The SMILES string of the molecule is C#CN1CCC1c1cccc(C)c1C. The first-order valence-electron chi connectivity index (χ1n) is 5.03. The number of benzene rings is 1. The van der Waals surface area contributed by atoms with E-state index >= 15 is 0 Å². The molecular formula is C13H15N. The van der Waals surface area contributed by atoms with Gasteiger partial charge < -0.3 is 4.90 Å². The molecule has 0 amide bonds. The number of likely N-dealkylation sites (tertiary alicyclic amines) is 1. The van der Waals surface area contributed by atoms with Gasteiger partial charge in [0.2, 0.25) is 0 Å². The van der Waals surface area contributed by atoms with Crippen LogP contribution in [0.15, 0.2) is 18.2 Å². The zero-order chi connectivity index (χ0) is 10.1. The van der Waals surface area contributed by atoms with Crippen LogP contribution in [-0.4, -0.2) is 11.4 Å². The van der Waals surface area contributed by atoms with Gasteiger partial charge in [0.25, 0.3) is 0 Å². The Labute approximate surface area is 85.7 Å². The minimum Gasteiger partial charge on any atom is -0.325 e. The Hall–Kier alpha value is -1.42. The molecule has 1 heteroatoms. The molecule has 1 atom stereocenters. The van der Waals surface area contributed by atoms with Crippen molar-refractivity contribution < 1.29 is 0 Å². The van der Waals surface area contributed by atoms with E-state index in [0.29, 0.717) is 6.04 Å². The van der Waals surface area contributed by atoms with Crippen molar-refractivity contribution in [2.24, 2.45) is 0 Å². The molecule has 0 bridgehead atoms. The monoisotopic (exact) mass is 185 g/mol. The summed E-state index contributed by atoms with van der Waals surface area (Å²) in [7, 11) is 0. The lowest BCUT2D eigenvalue weighted by Crippen LogP contribution is -2.37. The largest absolute Gasteiger partial charge is 0.325 e. The first kappa shape index (κ1) is 9.15. The third-order valence-electron chi connectivity index (χ3n) is 3.19. The fourth-order valence-corrected chi connectivity index (χ4v) is 2.00. The van der Waals surface area contributed by atoms with E-state index in [1.165, 1.54) is 23.1 Å². The molecular weight excluding hydrogens is 170 g/mol. The summed E-state index contributed by atoms with van der Waals surface area (Å²) in [5.74, 6) is 0. The minimum atomic E-state index is 0.458. The highest BCUT2D eigenvalue weighted by Gasteiger charge is 2.28. The second-order valence-corrected chi connectivity index (χ2v) is 3.92. The quantitative estimate of drug-likeness (QED) is 0.608. The first-order chi connectivity index (χ1) is 6.74. The Balaban J connectivity index is 2.34. The molecule has 1 aliphatic rings. The molecule has 1 heterocycles. The summed E-state index contributed by atoms with van der Waals surface area (Å²) in [5.41, 5.74) is 4.14. The van der Waals surface area contributed by atoms with Crippen LogP contribution in [0.25, 0.3) is 0 Å². The third-order valence-corrected chi connectivity index (χ3v) is 3.19. The maximum Gasteiger partial charge on any atom is 0.0640 e. The highest BCUT2D eigenvalue weighted by molar-refractivity contribution is 5.36. The standard InChI is InChI=1S/C13H15N/c1-4-14-9-8-13(14)12-7-5-6-10(2)11(12)3/h1,5-7,13H,8-9H2,2-3H3. The number of nitrogens with zero attached hydrogens (tertiary/aromatic N) is 1. The van der Waals surface area contributed by atoms with E-state index in [4.69, 9.17) is 6.42 Å². The molecule has 0 saturated carbocycles.